The summed E-state index contributed by atoms with van der Waals surface area (Å²) in [5, 5.41) is 5.62. The van der Waals surface area contributed by atoms with E-state index < -0.39 is 18.0 Å². The number of halogens is 5. The van der Waals surface area contributed by atoms with Crippen molar-refractivity contribution >= 4 is 27.0 Å². The van der Waals surface area contributed by atoms with Crippen LogP contribution in [0.3, 0.4) is 0 Å². The summed E-state index contributed by atoms with van der Waals surface area (Å²) in [7, 11) is 0. The third-order valence-corrected chi connectivity index (χ3v) is 15.4. The van der Waals surface area contributed by atoms with Crippen molar-refractivity contribution in [2.24, 2.45) is 11.8 Å². The van der Waals surface area contributed by atoms with Gasteiger partial charge in [-0.1, -0.05) is 165 Å². The molecule has 0 bridgehead atoms. The molecular weight excluding hydrogens is 896 g/mol. The van der Waals surface area contributed by atoms with Crippen molar-refractivity contribution in [2.45, 2.75) is 142 Å². The fourth-order valence-electron chi connectivity index (χ4n) is 9.06. The summed E-state index contributed by atoms with van der Waals surface area (Å²) in [5.41, 5.74) is 11.1. The third kappa shape index (κ3) is 14.8. The number of benzene rings is 4. The van der Waals surface area contributed by atoms with Gasteiger partial charge in [0.15, 0.2) is 0 Å². The molecule has 0 atom stereocenters. The van der Waals surface area contributed by atoms with Crippen LogP contribution in [-0.2, 0) is 47.0 Å². The Morgan fingerprint density at radius 1 is 0.574 bits per heavy atom. The van der Waals surface area contributed by atoms with Crippen LogP contribution >= 0.6 is 0 Å². The van der Waals surface area contributed by atoms with E-state index in [4.69, 9.17) is 0 Å². The van der Waals surface area contributed by atoms with Gasteiger partial charge in [0.1, 0.15) is 0 Å². The molecule has 0 amide bonds. The van der Waals surface area contributed by atoms with Gasteiger partial charge in [-0.15, -0.1) is 69.1 Å². The van der Waals surface area contributed by atoms with Crippen molar-refractivity contribution in [1.29, 1.82) is 0 Å². The van der Waals surface area contributed by atoms with E-state index in [1.54, 1.807) is 0 Å². The minimum Gasteiger partial charge on any atom is -1.00 e. The first-order chi connectivity index (χ1) is 27.9. The summed E-state index contributed by atoms with van der Waals surface area (Å²) in [4.78, 5) is 0. The van der Waals surface area contributed by atoms with Gasteiger partial charge < -0.3 is 24.8 Å². The quantitative estimate of drug-likeness (QED) is 0.105. The molecule has 0 saturated heterocycles. The Labute approximate surface area is 392 Å². The van der Waals surface area contributed by atoms with Crippen molar-refractivity contribution in [2.75, 3.05) is 0 Å². The summed E-state index contributed by atoms with van der Waals surface area (Å²) >= 11 is 1.29. The van der Waals surface area contributed by atoms with Gasteiger partial charge in [-0.25, -0.2) is 0 Å². The average Bonchev–Trinajstić information content (AvgIpc) is 4.02. The van der Waals surface area contributed by atoms with E-state index in [0.29, 0.717) is 6.04 Å². The van der Waals surface area contributed by atoms with Crippen LogP contribution in [0.4, 0.5) is 13.2 Å². The zero-order valence-corrected chi connectivity index (χ0v) is 42.4. The maximum atomic E-state index is 11.4. The van der Waals surface area contributed by atoms with E-state index in [0.717, 1.165) is 11.8 Å². The van der Waals surface area contributed by atoms with Gasteiger partial charge in [-0.3, -0.25) is 0 Å². The second kappa shape index (κ2) is 22.5. The molecule has 7 heteroatoms. The van der Waals surface area contributed by atoms with Crippen LogP contribution < -0.4 is 24.8 Å². The summed E-state index contributed by atoms with van der Waals surface area (Å²) in [6, 6.07) is 41.9. The summed E-state index contributed by atoms with van der Waals surface area (Å²) in [6.45, 7) is 15.6. The molecule has 2 saturated carbocycles. The van der Waals surface area contributed by atoms with Crippen LogP contribution in [-0.4, -0.2) is 11.6 Å². The molecule has 0 radical (unpaired) electrons. The minimum absolute atomic E-state index is 0. The minimum atomic E-state index is -3.93. The van der Waals surface area contributed by atoms with Crippen molar-refractivity contribution in [3.05, 3.63) is 131 Å². The molecule has 0 N–H and O–H groups in total. The van der Waals surface area contributed by atoms with Crippen LogP contribution in [0.5, 0.6) is 0 Å². The van der Waals surface area contributed by atoms with Gasteiger partial charge in [-0.2, -0.15) is 12.1 Å². The van der Waals surface area contributed by atoms with Crippen LogP contribution in [0.1, 0.15) is 122 Å². The second-order valence-electron chi connectivity index (χ2n) is 19.6. The molecule has 2 fully saturated rings. The standard InChI is InChI=1S/2C25H29.C4H7F3Si.2ClH.Zr/c2*1-25(2,3)22-13-11-20(12-14-22)23-10-6-9-21-16-19(17-24(21)23)15-18-7-4-5-8-18;1-8-3-2-4(5,6)7;;;/h2*6,9-14,16-18H,4-5,7-8,15H2,1-3H3;2-3H2,1H3;2*1H;/q2*-1;;;;+2/p-2. The molecule has 0 unspecified atom stereocenters. The average molecular weight is 961 g/mol. The van der Waals surface area contributed by atoms with Crippen molar-refractivity contribution in [1.82, 2.24) is 0 Å². The van der Waals surface area contributed by atoms with Gasteiger partial charge in [0.2, 0.25) is 0 Å². The first-order valence-electron chi connectivity index (χ1n) is 22.1. The topological polar surface area (TPSA) is 0 Å². The van der Waals surface area contributed by atoms with Gasteiger partial charge in [-0.05, 0) is 57.8 Å². The second-order valence-corrected chi connectivity index (χ2v) is 28.0. The van der Waals surface area contributed by atoms with Gasteiger partial charge in [0.25, 0.3) is 0 Å². The Morgan fingerprint density at radius 3 is 1.23 bits per heavy atom. The molecule has 0 heterocycles. The summed E-state index contributed by atoms with van der Waals surface area (Å²) < 4.78 is 34.3. The number of rotatable bonds is 8. The number of hydrogen-bond acceptors (Lipinski definition) is 0. The number of fused-ring (bicyclic) bond motifs is 2. The molecule has 6 aromatic carbocycles. The normalized spacial score (nSPS) is 14.8. The van der Waals surface area contributed by atoms with E-state index in [-0.39, 0.29) is 35.6 Å². The molecule has 0 aromatic heterocycles. The maximum absolute atomic E-state index is 11.4. The first kappa shape index (κ1) is 51.2. The van der Waals surface area contributed by atoms with E-state index >= 15 is 0 Å². The van der Waals surface area contributed by atoms with Crippen LogP contribution in [0, 0.1) is 11.8 Å². The van der Waals surface area contributed by atoms with E-state index in [1.165, 1.54) is 154 Å². The molecular formula is C54H65Cl2F3SiZr-2. The fraction of sp³-hybridized carbons (Fsp3) is 0.444. The summed E-state index contributed by atoms with van der Waals surface area (Å²) in [6.07, 6.45) is 9.40. The maximum Gasteiger partial charge on any atom is -1.00 e. The summed E-state index contributed by atoms with van der Waals surface area (Å²) in [5.74, 6) is 1.82. The Bertz CT molecular complexity index is 2120. The van der Waals surface area contributed by atoms with Crippen molar-refractivity contribution < 1.29 is 61.3 Å². The van der Waals surface area contributed by atoms with Crippen LogP contribution in [0.25, 0.3) is 43.8 Å². The number of hydrogen-bond donors (Lipinski definition) is 0. The van der Waals surface area contributed by atoms with Gasteiger partial charge in [0, 0.05) is 0 Å². The smallest absolute Gasteiger partial charge is 1.00 e. The molecule has 0 spiro atoms. The molecule has 0 nitrogen and oxygen atoms in total. The van der Waals surface area contributed by atoms with Crippen LogP contribution in [0.15, 0.2) is 109 Å². The van der Waals surface area contributed by atoms with Crippen LogP contribution in [0.2, 0.25) is 12.6 Å². The fourth-order valence-corrected chi connectivity index (χ4v) is 10.6. The SMILES string of the molecule is CC(C)(C)c1ccc(-c2cccc3[cH-]c(CC4CCCC4)cc23)cc1.CC(C)(C)c1ccc(-c2cccc3[cH-]c(CC4CCCC4)cc23)cc1.C[Si](=[Zr+2])CCC(F)(F)F.[Cl-].[Cl-]. The molecule has 326 valence electrons. The Kier molecular flexibility index (Phi) is 18.9. The Balaban J connectivity index is 0.000000219. The monoisotopic (exact) mass is 958 g/mol. The third-order valence-electron chi connectivity index (χ3n) is 12.5. The molecule has 0 aliphatic heterocycles. The zero-order valence-electron chi connectivity index (χ0n) is 37.4. The predicted octanol–water partition coefficient (Wildman–Crippen LogP) is 10.6. The van der Waals surface area contributed by atoms with Gasteiger partial charge >= 0.3 is 67.1 Å². The predicted molar refractivity (Wildman–Crippen MR) is 246 cm³/mol. The molecule has 61 heavy (non-hydrogen) atoms. The van der Waals surface area contributed by atoms with Crippen molar-refractivity contribution in [3.8, 4) is 22.3 Å². The first-order valence-corrected chi connectivity index (χ1v) is 28.0. The zero-order chi connectivity index (χ0) is 42.4. The largest absolute Gasteiger partial charge is 1.00 e. The Hall–Kier alpha value is -2.43. The Morgan fingerprint density at radius 2 is 0.934 bits per heavy atom. The van der Waals surface area contributed by atoms with E-state index in [1.807, 2.05) is 6.55 Å². The molecule has 8 rings (SSSR count). The molecule has 2 aliphatic carbocycles. The van der Waals surface area contributed by atoms with Gasteiger partial charge in [0.05, 0.1) is 0 Å². The van der Waals surface area contributed by atoms with E-state index in [9.17, 15) is 13.2 Å². The van der Waals surface area contributed by atoms with Crippen molar-refractivity contribution in [3.63, 3.8) is 0 Å². The molecule has 6 aromatic rings. The molecule has 2 aliphatic rings. The number of alkyl halides is 3. The van der Waals surface area contributed by atoms with E-state index in [2.05, 4.69) is 151 Å².